The minimum absolute atomic E-state index is 0.715. The third-order valence-electron chi connectivity index (χ3n) is 4.91. The maximum atomic E-state index is 9.19. The van der Waals surface area contributed by atoms with E-state index in [1.54, 1.807) is 0 Å². The summed E-state index contributed by atoms with van der Waals surface area (Å²) in [7, 11) is -3.67. The number of rotatable bonds is 13. The molecule has 0 amide bonds. The Morgan fingerprint density at radius 3 is 1.88 bits per heavy atom. The summed E-state index contributed by atoms with van der Waals surface area (Å²) in [5, 5.41) is 0. The van der Waals surface area contributed by atoms with Crippen LogP contribution in [0.5, 0.6) is 0 Å². The Morgan fingerprint density at radius 2 is 1.36 bits per heavy atom. The van der Waals surface area contributed by atoms with Gasteiger partial charge in [-0.3, -0.25) is 4.55 Å². The number of hydrogen-bond acceptors (Lipinski definition) is 3. The molecule has 1 aliphatic heterocycles. The molecule has 25 heavy (non-hydrogen) atoms. The van der Waals surface area contributed by atoms with Gasteiger partial charge in [-0.15, -0.1) is 0 Å². The summed E-state index contributed by atoms with van der Waals surface area (Å²) in [6, 6.07) is 0. The lowest BCUT2D eigenvalue weighted by molar-refractivity contribution is 0.310. The average Bonchev–Trinajstić information content (AvgIpc) is 2.97. The van der Waals surface area contributed by atoms with E-state index in [0.717, 1.165) is 5.92 Å². The molecule has 1 rings (SSSR count). The highest BCUT2D eigenvalue weighted by atomic mass is 32.2. The molecule has 0 aromatic heterocycles. The zero-order valence-corrected chi connectivity index (χ0v) is 17.8. The van der Waals surface area contributed by atoms with Gasteiger partial charge in [0.15, 0.2) is 0 Å². The van der Waals surface area contributed by atoms with Crippen LogP contribution in [-0.2, 0) is 10.1 Å². The van der Waals surface area contributed by atoms with Gasteiger partial charge in [-0.05, 0) is 38.3 Å². The molecule has 0 aromatic rings. The quantitative estimate of drug-likeness (QED) is 0.338. The van der Waals surface area contributed by atoms with Crippen LogP contribution in [0.1, 0.15) is 97.3 Å². The number of likely N-dealkylation sites (tertiary alicyclic amines) is 1. The van der Waals surface area contributed by atoms with Crippen molar-refractivity contribution < 1.29 is 13.0 Å². The predicted molar refractivity (Wildman–Crippen MR) is 109 cm³/mol. The fourth-order valence-corrected chi connectivity index (χ4v) is 3.49. The lowest BCUT2D eigenvalue weighted by Crippen LogP contribution is -2.21. The third-order valence-corrected chi connectivity index (χ3v) is 4.91. The van der Waals surface area contributed by atoms with Crippen LogP contribution in [0, 0.1) is 5.92 Å². The molecule has 152 valence electrons. The van der Waals surface area contributed by atoms with Crippen molar-refractivity contribution in [2.75, 3.05) is 25.9 Å². The molecule has 1 saturated heterocycles. The summed E-state index contributed by atoms with van der Waals surface area (Å²) in [5.74, 6) is 1.02. The van der Waals surface area contributed by atoms with Crippen LogP contribution in [0.25, 0.3) is 0 Å². The largest absolute Gasteiger partial charge is 0.303 e. The molecule has 1 aliphatic rings. The Bertz CT molecular complexity index is 376. The molecule has 1 unspecified atom stereocenters. The van der Waals surface area contributed by atoms with Gasteiger partial charge in [0.2, 0.25) is 0 Å². The second-order valence-electron chi connectivity index (χ2n) is 7.66. The number of unbranched alkanes of at least 4 members (excludes halogenated alkanes) is 9. The molecule has 0 radical (unpaired) electrons. The molecular weight excluding hydrogens is 334 g/mol. The summed E-state index contributed by atoms with van der Waals surface area (Å²) in [6.45, 7) is 8.76. The van der Waals surface area contributed by atoms with Gasteiger partial charge in [0, 0.05) is 6.54 Å². The summed E-state index contributed by atoms with van der Waals surface area (Å²) in [4.78, 5) is 2.72. The molecule has 0 bridgehead atoms. The first-order valence-corrected chi connectivity index (χ1v) is 12.4. The van der Waals surface area contributed by atoms with Crippen molar-refractivity contribution >= 4 is 10.1 Å². The molecule has 0 aromatic carbocycles. The Morgan fingerprint density at radius 1 is 0.880 bits per heavy atom. The summed E-state index contributed by atoms with van der Waals surface area (Å²) >= 11 is 0. The standard InChI is InChI=1S/C19H39N.CH4O3S/c1-3-5-7-8-9-10-11-12-13-16-20-17-15-19(18-20)14-6-4-2;1-5(2,3)4/h19H,3-18H2,1-2H3;1H3,(H,2,3,4). The molecule has 0 spiro atoms. The second kappa shape index (κ2) is 16.1. The monoisotopic (exact) mass is 377 g/mol. The van der Waals surface area contributed by atoms with Crippen molar-refractivity contribution in [3.8, 4) is 0 Å². The van der Waals surface area contributed by atoms with Crippen molar-refractivity contribution in [3.63, 3.8) is 0 Å². The maximum Gasteiger partial charge on any atom is 0.261 e. The van der Waals surface area contributed by atoms with E-state index in [0.29, 0.717) is 6.26 Å². The topological polar surface area (TPSA) is 57.6 Å². The summed E-state index contributed by atoms with van der Waals surface area (Å²) in [5.41, 5.74) is 0. The van der Waals surface area contributed by atoms with Crippen molar-refractivity contribution in [3.05, 3.63) is 0 Å². The third kappa shape index (κ3) is 20.0. The molecule has 1 atom stereocenters. The first kappa shape index (κ1) is 24.9. The van der Waals surface area contributed by atoms with Crippen LogP contribution in [0.15, 0.2) is 0 Å². The van der Waals surface area contributed by atoms with Crippen LogP contribution >= 0.6 is 0 Å². The predicted octanol–water partition coefficient (Wildman–Crippen LogP) is 5.53. The molecule has 0 aliphatic carbocycles. The zero-order chi connectivity index (χ0) is 19.0. The van der Waals surface area contributed by atoms with E-state index in [1.807, 2.05) is 0 Å². The molecule has 5 heteroatoms. The van der Waals surface area contributed by atoms with E-state index in [1.165, 1.54) is 103 Å². The minimum atomic E-state index is -3.67. The highest BCUT2D eigenvalue weighted by Gasteiger charge is 2.20. The molecule has 1 fully saturated rings. The molecule has 1 N–H and O–H groups in total. The van der Waals surface area contributed by atoms with Crippen LogP contribution in [0.4, 0.5) is 0 Å². The van der Waals surface area contributed by atoms with Gasteiger partial charge < -0.3 is 4.90 Å². The van der Waals surface area contributed by atoms with Gasteiger partial charge in [-0.1, -0.05) is 78.1 Å². The van der Waals surface area contributed by atoms with Crippen LogP contribution in [-0.4, -0.2) is 43.8 Å². The normalized spacial score (nSPS) is 18.2. The van der Waals surface area contributed by atoms with Gasteiger partial charge in [0.05, 0.1) is 6.26 Å². The second-order valence-corrected chi connectivity index (χ2v) is 9.13. The Labute approximate surface area is 157 Å². The van der Waals surface area contributed by atoms with Crippen molar-refractivity contribution in [1.82, 2.24) is 4.90 Å². The van der Waals surface area contributed by atoms with E-state index in [2.05, 4.69) is 18.7 Å². The van der Waals surface area contributed by atoms with Gasteiger partial charge in [0.1, 0.15) is 0 Å². The van der Waals surface area contributed by atoms with E-state index in [9.17, 15) is 8.42 Å². The molecule has 0 saturated carbocycles. The van der Waals surface area contributed by atoms with Crippen molar-refractivity contribution in [2.45, 2.75) is 97.3 Å². The lowest BCUT2D eigenvalue weighted by atomic mass is 10.0. The van der Waals surface area contributed by atoms with Gasteiger partial charge in [0.25, 0.3) is 10.1 Å². The van der Waals surface area contributed by atoms with Crippen molar-refractivity contribution in [1.29, 1.82) is 0 Å². The molecule has 4 nitrogen and oxygen atoms in total. The number of hydrogen-bond donors (Lipinski definition) is 1. The lowest BCUT2D eigenvalue weighted by Gasteiger charge is -2.15. The molecular formula is C20H43NO3S. The van der Waals surface area contributed by atoms with Gasteiger partial charge >= 0.3 is 0 Å². The SMILES string of the molecule is CCCCCCCCCCCN1CCC(CCCC)C1.CS(=O)(=O)O. The van der Waals surface area contributed by atoms with Crippen LogP contribution in [0.3, 0.4) is 0 Å². The van der Waals surface area contributed by atoms with E-state index in [-0.39, 0.29) is 0 Å². The number of nitrogens with zero attached hydrogens (tertiary/aromatic N) is 1. The van der Waals surface area contributed by atoms with Crippen molar-refractivity contribution in [2.24, 2.45) is 5.92 Å². The first-order valence-electron chi connectivity index (χ1n) is 10.5. The van der Waals surface area contributed by atoms with E-state index < -0.39 is 10.1 Å². The van der Waals surface area contributed by atoms with Gasteiger partial charge in [-0.25, -0.2) is 0 Å². The minimum Gasteiger partial charge on any atom is -0.303 e. The van der Waals surface area contributed by atoms with E-state index >= 15 is 0 Å². The van der Waals surface area contributed by atoms with Crippen LogP contribution < -0.4 is 0 Å². The summed E-state index contributed by atoms with van der Waals surface area (Å²) < 4.78 is 25.9. The smallest absolute Gasteiger partial charge is 0.261 e. The molecule has 1 heterocycles. The maximum absolute atomic E-state index is 9.19. The van der Waals surface area contributed by atoms with Crippen LogP contribution in [0.2, 0.25) is 0 Å². The fraction of sp³-hybridized carbons (Fsp3) is 1.00. The highest BCUT2D eigenvalue weighted by molar-refractivity contribution is 7.85. The van der Waals surface area contributed by atoms with Gasteiger partial charge in [-0.2, -0.15) is 8.42 Å². The zero-order valence-electron chi connectivity index (χ0n) is 17.0. The Balaban J connectivity index is 0.00000101. The highest BCUT2D eigenvalue weighted by Crippen LogP contribution is 2.22. The first-order chi connectivity index (χ1) is 11.9. The van der Waals surface area contributed by atoms with E-state index in [4.69, 9.17) is 4.55 Å². The fourth-order valence-electron chi connectivity index (χ4n) is 3.49. The average molecular weight is 378 g/mol. The summed E-state index contributed by atoms with van der Waals surface area (Å²) in [6.07, 6.45) is 19.5. The Hall–Kier alpha value is -0.130. The Kier molecular flexibility index (Phi) is 16.0.